The van der Waals surface area contributed by atoms with Gasteiger partial charge in [-0.15, -0.1) is 33.2 Å². The van der Waals surface area contributed by atoms with Crippen LogP contribution in [0.5, 0.6) is 0 Å². The summed E-state index contributed by atoms with van der Waals surface area (Å²) in [6, 6.07) is 0. The molecule has 1 aromatic heterocycles. The number of anilines is 2. The summed E-state index contributed by atoms with van der Waals surface area (Å²) in [5.74, 6) is 5.33. The molecule has 0 aliphatic heterocycles. The van der Waals surface area contributed by atoms with Crippen molar-refractivity contribution in [3.63, 3.8) is 0 Å². The Balaban J connectivity index is 2.52. The van der Waals surface area contributed by atoms with Gasteiger partial charge in [0.2, 0.25) is 0 Å². The lowest BCUT2D eigenvalue weighted by Crippen LogP contribution is -2.10. The van der Waals surface area contributed by atoms with Crippen molar-refractivity contribution in [3.8, 4) is 24.7 Å². The number of terminal acetylenes is 2. The smallest absolute Gasteiger partial charge is 0.263 e. The van der Waals surface area contributed by atoms with Gasteiger partial charge in [-0.05, 0) is 0 Å². The van der Waals surface area contributed by atoms with E-state index in [9.17, 15) is 0 Å². The zero-order valence-electron chi connectivity index (χ0n) is 7.36. The normalized spacial score (nSPS) is 8.43. The summed E-state index contributed by atoms with van der Waals surface area (Å²) in [5, 5.41) is 20.3. The number of hydrogen-bond acceptors (Lipinski definition) is 6. The van der Waals surface area contributed by atoms with E-state index in [-0.39, 0.29) is 11.9 Å². The molecular weight excluding hydrogens is 180 g/mol. The van der Waals surface area contributed by atoms with Crippen LogP contribution in [0.2, 0.25) is 0 Å². The lowest BCUT2D eigenvalue weighted by atomic mass is 10.7. The lowest BCUT2D eigenvalue weighted by Gasteiger charge is -1.99. The van der Waals surface area contributed by atoms with Crippen LogP contribution >= 0.6 is 0 Å². The molecule has 0 spiro atoms. The van der Waals surface area contributed by atoms with E-state index in [1.54, 1.807) is 0 Å². The minimum absolute atomic E-state index is 0.286. The van der Waals surface area contributed by atoms with E-state index < -0.39 is 0 Å². The van der Waals surface area contributed by atoms with Crippen LogP contribution in [-0.4, -0.2) is 33.5 Å². The maximum atomic E-state index is 5.03. The highest BCUT2D eigenvalue weighted by atomic mass is 15.4. The van der Waals surface area contributed by atoms with Gasteiger partial charge in [0.25, 0.3) is 11.9 Å². The van der Waals surface area contributed by atoms with Gasteiger partial charge >= 0.3 is 0 Å². The Morgan fingerprint density at radius 2 is 1.21 bits per heavy atom. The van der Waals surface area contributed by atoms with E-state index in [0.717, 1.165) is 0 Å². The van der Waals surface area contributed by atoms with Gasteiger partial charge in [0.1, 0.15) is 0 Å². The van der Waals surface area contributed by atoms with Crippen LogP contribution in [0.1, 0.15) is 0 Å². The molecule has 0 amide bonds. The summed E-state index contributed by atoms with van der Waals surface area (Å²) in [4.78, 5) is 0. The van der Waals surface area contributed by atoms with Crippen molar-refractivity contribution in [1.82, 2.24) is 20.4 Å². The average Bonchev–Trinajstić information content (AvgIpc) is 2.25. The predicted octanol–water partition coefficient (Wildman–Crippen LogP) is -0.643. The van der Waals surface area contributed by atoms with Crippen LogP contribution in [0, 0.1) is 24.7 Å². The van der Waals surface area contributed by atoms with Crippen molar-refractivity contribution >= 4 is 11.9 Å². The maximum absolute atomic E-state index is 5.03. The highest BCUT2D eigenvalue weighted by Crippen LogP contribution is 1.94. The molecule has 70 valence electrons. The third kappa shape index (κ3) is 2.95. The van der Waals surface area contributed by atoms with Gasteiger partial charge < -0.3 is 10.6 Å². The van der Waals surface area contributed by atoms with Gasteiger partial charge in [0, 0.05) is 0 Å². The number of aromatic nitrogens is 4. The van der Waals surface area contributed by atoms with Crippen LogP contribution in [-0.2, 0) is 0 Å². The van der Waals surface area contributed by atoms with Crippen molar-refractivity contribution < 1.29 is 0 Å². The van der Waals surface area contributed by atoms with Gasteiger partial charge in [-0.2, -0.15) is 0 Å². The van der Waals surface area contributed by atoms with Crippen LogP contribution < -0.4 is 10.6 Å². The van der Waals surface area contributed by atoms with E-state index in [0.29, 0.717) is 13.1 Å². The molecule has 14 heavy (non-hydrogen) atoms. The fraction of sp³-hybridized carbons (Fsp3) is 0.250. The second-order valence-electron chi connectivity index (χ2n) is 2.16. The first-order chi connectivity index (χ1) is 6.86. The van der Waals surface area contributed by atoms with E-state index in [1.807, 2.05) is 0 Å². The Morgan fingerprint density at radius 3 is 1.50 bits per heavy atom. The Kier molecular flexibility index (Phi) is 3.71. The molecule has 0 aliphatic rings. The van der Waals surface area contributed by atoms with Crippen LogP contribution in [0.4, 0.5) is 11.9 Å². The number of nitrogens with one attached hydrogen (secondary N) is 2. The third-order valence-electron chi connectivity index (χ3n) is 1.18. The first-order valence-electron chi connectivity index (χ1n) is 3.79. The zero-order valence-corrected chi connectivity index (χ0v) is 7.36. The van der Waals surface area contributed by atoms with Crippen LogP contribution in [0.25, 0.3) is 0 Å². The summed E-state index contributed by atoms with van der Waals surface area (Å²) in [7, 11) is 0. The zero-order chi connectivity index (χ0) is 10.2. The Labute approximate surface area is 81.5 Å². The van der Waals surface area contributed by atoms with E-state index >= 15 is 0 Å². The molecule has 1 heterocycles. The molecule has 1 aromatic rings. The summed E-state index contributed by atoms with van der Waals surface area (Å²) in [6.45, 7) is 0.668. The Hall–Kier alpha value is -2.34. The van der Waals surface area contributed by atoms with E-state index in [2.05, 4.69) is 42.9 Å². The molecule has 0 unspecified atom stereocenters. The second kappa shape index (κ2) is 5.33. The summed E-state index contributed by atoms with van der Waals surface area (Å²) in [6.07, 6.45) is 10.1. The van der Waals surface area contributed by atoms with E-state index in [4.69, 9.17) is 12.8 Å². The molecule has 0 radical (unpaired) electrons. The minimum Gasteiger partial charge on any atom is -0.341 e. The third-order valence-corrected chi connectivity index (χ3v) is 1.18. The quantitative estimate of drug-likeness (QED) is 0.612. The van der Waals surface area contributed by atoms with Crippen LogP contribution in [0.15, 0.2) is 0 Å². The molecule has 0 saturated carbocycles. The molecule has 2 N–H and O–H groups in total. The monoisotopic (exact) mass is 188 g/mol. The maximum Gasteiger partial charge on any atom is 0.263 e. The van der Waals surface area contributed by atoms with Crippen LogP contribution in [0.3, 0.4) is 0 Å². The van der Waals surface area contributed by atoms with Crippen molar-refractivity contribution in [2.24, 2.45) is 0 Å². The minimum atomic E-state index is 0.286. The Bertz CT molecular complexity index is 320. The molecule has 0 fully saturated rings. The lowest BCUT2D eigenvalue weighted by molar-refractivity contribution is 0.861. The Morgan fingerprint density at radius 1 is 0.857 bits per heavy atom. The highest BCUT2D eigenvalue weighted by molar-refractivity contribution is 5.27. The largest absolute Gasteiger partial charge is 0.341 e. The molecule has 6 heteroatoms. The molecule has 6 nitrogen and oxygen atoms in total. The van der Waals surface area contributed by atoms with Crippen molar-refractivity contribution in [2.45, 2.75) is 0 Å². The van der Waals surface area contributed by atoms with Crippen molar-refractivity contribution in [1.29, 1.82) is 0 Å². The molecule has 0 saturated heterocycles. The fourth-order valence-corrected chi connectivity index (χ4v) is 0.631. The summed E-state index contributed by atoms with van der Waals surface area (Å²) in [5.41, 5.74) is 0. The standard InChI is InChI=1S/C8H8N6/c1-3-5-9-7-11-13-8(14-12-7)10-6-4-2/h1-2H,5-6H2,(H,9,11,12)(H,10,13,14). The molecular formula is C8H8N6. The van der Waals surface area contributed by atoms with Crippen molar-refractivity contribution in [3.05, 3.63) is 0 Å². The van der Waals surface area contributed by atoms with Gasteiger partial charge in [0.05, 0.1) is 13.1 Å². The van der Waals surface area contributed by atoms with E-state index in [1.165, 1.54) is 0 Å². The number of nitrogens with zero attached hydrogens (tertiary/aromatic N) is 4. The number of hydrogen-bond donors (Lipinski definition) is 2. The molecule has 0 aromatic carbocycles. The summed E-state index contributed by atoms with van der Waals surface area (Å²) >= 11 is 0. The SMILES string of the molecule is C#CCNc1nnc(NCC#C)nn1. The van der Waals surface area contributed by atoms with Crippen molar-refractivity contribution in [2.75, 3.05) is 23.7 Å². The summed E-state index contributed by atoms with van der Waals surface area (Å²) < 4.78 is 0. The molecule has 0 aliphatic carbocycles. The highest BCUT2D eigenvalue weighted by Gasteiger charge is 1.97. The molecule has 0 atom stereocenters. The van der Waals surface area contributed by atoms with Gasteiger partial charge in [0.15, 0.2) is 0 Å². The first-order valence-corrected chi connectivity index (χ1v) is 3.79. The molecule has 1 rings (SSSR count). The molecule has 0 bridgehead atoms. The number of rotatable bonds is 4. The van der Waals surface area contributed by atoms with Gasteiger partial charge in [-0.1, -0.05) is 11.8 Å². The average molecular weight is 188 g/mol. The second-order valence-corrected chi connectivity index (χ2v) is 2.16. The predicted molar refractivity (Wildman–Crippen MR) is 52.3 cm³/mol. The van der Waals surface area contributed by atoms with Gasteiger partial charge in [-0.3, -0.25) is 0 Å². The fourth-order valence-electron chi connectivity index (χ4n) is 0.631. The van der Waals surface area contributed by atoms with Gasteiger partial charge in [-0.25, -0.2) is 0 Å². The topological polar surface area (TPSA) is 75.6 Å². The first kappa shape index (κ1) is 9.75.